The first kappa shape index (κ1) is 64.0. The van der Waals surface area contributed by atoms with Gasteiger partial charge in [0.2, 0.25) is 5.91 Å². The summed E-state index contributed by atoms with van der Waals surface area (Å²) >= 11 is 0. The van der Waals surface area contributed by atoms with Crippen molar-refractivity contribution in [3.05, 3.63) is 24.3 Å². The third-order valence-electron chi connectivity index (χ3n) is 12.9. The van der Waals surface area contributed by atoms with Crippen molar-refractivity contribution >= 4 is 13.7 Å². The first-order valence-electron chi connectivity index (χ1n) is 28.2. The second-order valence-corrected chi connectivity index (χ2v) is 22.1. The molecule has 0 radical (unpaired) electrons. The number of hydrogen-bond donors (Lipinski definition) is 2. The Bertz CT molecular complexity index is 1110. The third kappa shape index (κ3) is 50.7. The fourth-order valence-corrected chi connectivity index (χ4v) is 9.19. The smallest absolute Gasteiger partial charge is 0.268 e. The Morgan fingerprint density at radius 1 is 0.523 bits per heavy atom. The van der Waals surface area contributed by atoms with Crippen molar-refractivity contribution < 1.29 is 32.9 Å². The monoisotopic (exact) mass is 939 g/mol. The summed E-state index contributed by atoms with van der Waals surface area (Å²) in [6, 6.07) is -0.898. The fraction of sp³-hybridized carbons (Fsp3) is 0.911. The zero-order chi connectivity index (χ0) is 47.8. The Labute approximate surface area is 404 Å². The predicted octanol–water partition coefficient (Wildman–Crippen LogP) is 16.2. The molecule has 0 aliphatic heterocycles. The largest absolute Gasteiger partial charge is 0.756 e. The van der Waals surface area contributed by atoms with Gasteiger partial charge in [-0.25, -0.2) is 0 Å². The molecule has 0 aliphatic rings. The molecule has 0 aromatic carbocycles. The van der Waals surface area contributed by atoms with Gasteiger partial charge in [0, 0.05) is 6.42 Å². The molecule has 9 heteroatoms. The van der Waals surface area contributed by atoms with Crippen molar-refractivity contribution in [3.8, 4) is 0 Å². The van der Waals surface area contributed by atoms with E-state index in [-0.39, 0.29) is 19.1 Å². The van der Waals surface area contributed by atoms with E-state index in [1.165, 1.54) is 218 Å². The highest BCUT2D eigenvalue weighted by molar-refractivity contribution is 7.45. The summed E-state index contributed by atoms with van der Waals surface area (Å²) in [6.45, 7) is 4.64. The average molecular weight is 939 g/mol. The Balaban J connectivity index is 4.06. The molecular formula is C56H111N2O6P. The molecule has 0 fully saturated rings. The number of allylic oxidation sites excluding steroid dienone is 3. The predicted molar refractivity (Wildman–Crippen MR) is 279 cm³/mol. The lowest BCUT2D eigenvalue weighted by molar-refractivity contribution is -0.870. The highest BCUT2D eigenvalue weighted by atomic mass is 31.2. The van der Waals surface area contributed by atoms with Gasteiger partial charge in [-0.1, -0.05) is 263 Å². The van der Waals surface area contributed by atoms with E-state index in [4.69, 9.17) is 9.05 Å². The lowest BCUT2D eigenvalue weighted by Crippen LogP contribution is -2.45. The molecule has 0 saturated heterocycles. The van der Waals surface area contributed by atoms with Gasteiger partial charge in [-0.2, -0.15) is 0 Å². The van der Waals surface area contributed by atoms with Gasteiger partial charge >= 0.3 is 0 Å². The van der Waals surface area contributed by atoms with Crippen molar-refractivity contribution in [2.75, 3.05) is 40.9 Å². The maximum Gasteiger partial charge on any atom is 0.268 e. The summed E-state index contributed by atoms with van der Waals surface area (Å²) in [4.78, 5) is 25.3. The molecule has 1 amide bonds. The fourth-order valence-electron chi connectivity index (χ4n) is 8.47. The van der Waals surface area contributed by atoms with E-state index in [0.29, 0.717) is 17.4 Å². The third-order valence-corrected chi connectivity index (χ3v) is 13.9. The van der Waals surface area contributed by atoms with Crippen LogP contribution in [0.15, 0.2) is 24.3 Å². The highest BCUT2D eigenvalue weighted by Crippen LogP contribution is 2.38. The van der Waals surface area contributed by atoms with Crippen LogP contribution in [0.3, 0.4) is 0 Å². The summed E-state index contributed by atoms with van der Waals surface area (Å²) in [5.41, 5.74) is 0. The van der Waals surface area contributed by atoms with Gasteiger partial charge in [0.1, 0.15) is 13.2 Å². The summed E-state index contributed by atoms with van der Waals surface area (Å²) < 4.78 is 23.2. The topological polar surface area (TPSA) is 108 Å². The Morgan fingerprint density at radius 3 is 1.25 bits per heavy atom. The van der Waals surface area contributed by atoms with Crippen LogP contribution in [0, 0.1) is 0 Å². The summed E-state index contributed by atoms with van der Waals surface area (Å²) in [5, 5.41) is 13.8. The highest BCUT2D eigenvalue weighted by Gasteiger charge is 2.23. The van der Waals surface area contributed by atoms with Crippen molar-refractivity contribution in [1.29, 1.82) is 0 Å². The zero-order valence-electron chi connectivity index (χ0n) is 44.0. The van der Waals surface area contributed by atoms with Crippen LogP contribution in [0.4, 0.5) is 0 Å². The first-order valence-corrected chi connectivity index (χ1v) is 29.7. The molecule has 386 valence electrons. The number of hydrogen-bond acceptors (Lipinski definition) is 6. The van der Waals surface area contributed by atoms with Gasteiger partial charge < -0.3 is 28.8 Å². The van der Waals surface area contributed by atoms with Crippen LogP contribution in [0.1, 0.15) is 277 Å². The summed E-state index contributed by atoms with van der Waals surface area (Å²) in [7, 11) is 1.25. The van der Waals surface area contributed by atoms with Crippen LogP contribution in [-0.2, 0) is 18.4 Å². The van der Waals surface area contributed by atoms with Crippen LogP contribution in [0.2, 0.25) is 0 Å². The normalized spacial score (nSPS) is 14.1. The second-order valence-electron chi connectivity index (χ2n) is 20.6. The van der Waals surface area contributed by atoms with Crippen molar-refractivity contribution in [3.63, 3.8) is 0 Å². The molecule has 0 aromatic rings. The lowest BCUT2D eigenvalue weighted by atomic mass is 10.0. The number of unbranched alkanes of at least 4 members (excludes halogenated alkanes) is 37. The number of phosphoric ester groups is 1. The maximum atomic E-state index is 12.9. The Hall–Kier alpha value is -1.02. The van der Waals surface area contributed by atoms with Crippen molar-refractivity contribution in [2.24, 2.45) is 0 Å². The zero-order valence-corrected chi connectivity index (χ0v) is 44.9. The number of phosphoric acid groups is 1. The number of nitrogens with one attached hydrogen (secondary N) is 1. The summed E-state index contributed by atoms with van der Waals surface area (Å²) in [6.07, 6.45) is 60.0. The number of rotatable bonds is 52. The molecule has 0 aromatic heterocycles. The van der Waals surface area contributed by atoms with Gasteiger partial charge in [-0.05, 0) is 32.1 Å². The minimum absolute atomic E-state index is 0.00413. The molecule has 0 aliphatic carbocycles. The molecular weight excluding hydrogens is 828 g/mol. The molecule has 0 spiro atoms. The molecule has 2 N–H and O–H groups in total. The first-order chi connectivity index (χ1) is 31.5. The number of amides is 1. The number of aliphatic hydroxyl groups is 1. The molecule has 0 bridgehead atoms. The van der Waals surface area contributed by atoms with Gasteiger partial charge in [-0.15, -0.1) is 0 Å². The van der Waals surface area contributed by atoms with Crippen LogP contribution < -0.4 is 10.2 Å². The molecule has 0 saturated carbocycles. The van der Waals surface area contributed by atoms with Crippen LogP contribution in [0.25, 0.3) is 0 Å². The number of quaternary nitrogens is 1. The lowest BCUT2D eigenvalue weighted by Gasteiger charge is -2.29. The van der Waals surface area contributed by atoms with E-state index >= 15 is 0 Å². The number of carbonyl (C=O) groups excluding carboxylic acids is 1. The molecule has 0 heterocycles. The van der Waals surface area contributed by atoms with E-state index < -0.39 is 20.0 Å². The SMILES string of the molecule is CCCCCCCCCCCCCCCCCCCCCCCCCCCC/C=C/CC/C=C/C(O)C(COP(=O)([O-])OCC[N+](C)(C)C)NC(=O)CCCCCCCCCCCCC. The van der Waals surface area contributed by atoms with Gasteiger partial charge in [0.25, 0.3) is 7.82 Å². The maximum absolute atomic E-state index is 12.9. The van der Waals surface area contributed by atoms with Crippen LogP contribution in [-0.4, -0.2) is 68.5 Å². The molecule has 0 rings (SSSR count). The average Bonchev–Trinajstić information content (AvgIpc) is 3.26. The summed E-state index contributed by atoms with van der Waals surface area (Å²) in [5.74, 6) is -0.206. The molecule has 3 atom stereocenters. The van der Waals surface area contributed by atoms with E-state index in [0.717, 1.165) is 38.5 Å². The van der Waals surface area contributed by atoms with Gasteiger partial charge in [0.15, 0.2) is 0 Å². The van der Waals surface area contributed by atoms with E-state index in [1.807, 2.05) is 27.2 Å². The van der Waals surface area contributed by atoms with Gasteiger partial charge in [-0.3, -0.25) is 9.36 Å². The Morgan fingerprint density at radius 2 is 0.862 bits per heavy atom. The molecule has 8 nitrogen and oxygen atoms in total. The van der Waals surface area contributed by atoms with Crippen molar-refractivity contribution in [2.45, 2.75) is 289 Å². The number of carbonyl (C=O) groups is 1. The van der Waals surface area contributed by atoms with E-state index in [9.17, 15) is 19.4 Å². The molecule has 65 heavy (non-hydrogen) atoms. The second kappa shape index (κ2) is 48.0. The minimum atomic E-state index is -4.59. The van der Waals surface area contributed by atoms with Crippen LogP contribution >= 0.6 is 7.82 Å². The van der Waals surface area contributed by atoms with E-state index in [2.05, 4.69) is 31.3 Å². The minimum Gasteiger partial charge on any atom is -0.756 e. The van der Waals surface area contributed by atoms with Crippen molar-refractivity contribution in [1.82, 2.24) is 5.32 Å². The Kier molecular flexibility index (Phi) is 47.3. The quantitative estimate of drug-likeness (QED) is 0.0272. The molecule has 3 unspecified atom stereocenters. The number of aliphatic hydroxyl groups excluding tert-OH is 1. The standard InChI is InChI=1S/C56H111N2O6P/c1-6-8-10-12-14-16-18-19-20-21-22-23-24-25-26-27-28-29-30-31-32-33-34-35-36-37-38-40-41-43-45-47-49-55(59)54(53-64-65(61,62)63-52-51-58(3,4)5)57-56(60)50-48-46-44-42-39-17-15-13-11-9-7-2/h40-41,47,49,54-55,59H,6-39,42-46,48,50-53H2,1-5H3,(H-,57,60,61,62)/b41-40+,49-47+. The van der Waals surface area contributed by atoms with Crippen LogP contribution in [0.5, 0.6) is 0 Å². The van der Waals surface area contributed by atoms with Gasteiger partial charge in [0.05, 0.1) is 39.9 Å². The van der Waals surface area contributed by atoms with E-state index in [1.54, 1.807) is 6.08 Å². The number of likely N-dealkylation sites (N-methyl/N-ethyl adjacent to an activating group) is 1. The number of nitrogens with zero attached hydrogens (tertiary/aromatic N) is 1.